The van der Waals surface area contributed by atoms with Gasteiger partial charge in [-0.2, -0.15) is 0 Å². The molecule has 3 rings (SSSR count). The molecule has 1 saturated carbocycles. The number of fused-ring (bicyclic) bond motifs is 2. The zero-order valence-electron chi connectivity index (χ0n) is 9.87. The summed E-state index contributed by atoms with van der Waals surface area (Å²) < 4.78 is 5.33. The topological polar surface area (TPSA) is 83.9 Å². The van der Waals surface area contributed by atoms with Crippen molar-refractivity contribution in [2.75, 3.05) is 0 Å². The van der Waals surface area contributed by atoms with E-state index in [0.717, 1.165) is 0 Å². The van der Waals surface area contributed by atoms with Crippen LogP contribution in [0.15, 0.2) is 0 Å². The smallest absolute Gasteiger partial charge is 0.306 e. The van der Waals surface area contributed by atoms with E-state index in [0.29, 0.717) is 32.1 Å². The van der Waals surface area contributed by atoms with Gasteiger partial charge in [-0.3, -0.25) is 19.3 Å². The Morgan fingerprint density at radius 1 is 1.11 bits per heavy atom. The summed E-state index contributed by atoms with van der Waals surface area (Å²) in [4.78, 5) is 36.4. The number of imide groups is 1. The van der Waals surface area contributed by atoms with E-state index in [4.69, 9.17) is 9.84 Å². The van der Waals surface area contributed by atoms with Gasteiger partial charge < -0.3 is 9.84 Å². The van der Waals surface area contributed by atoms with Crippen molar-refractivity contribution in [1.82, 2.24) is 4.90 Å². The van der Waals surface area contributed by atoms with Crippen molar-refractivity contribution in [3.05, 3.63) is 0 Å². The molecular weight excluding hydrogens is 238 g/mol. The maximum absolute atomic E-state index is 12.1. The second-order valence-electron chi connectivity index (χ2n) is 5.24. The fraction of sp³-hybridized carbons (Fsp3) is 0.750. The van der Waals surface area contributed by atoms with Crippen LogP contribution in [0.2, 0.25) is 0 Å². The van der Waals surface area contributed by atoms with E-state index in [1.807, 2.05) is 0 Å². The third-order valence-corrected chi connectivity index (χ3v) is 4.16. The first-order chi connectivity index (χ1) is 8.58. The van der Waals surface area contributed by atoms with Crippen molar-refractivity contribution in [3.8, 4) is 0 Å². The van der Waals surface area contributed by atoms with E-state index in [1.165, 1.54) is 4.90 Å². The molecule has 0 aromatic rings. The number of carbonyl (C=O) groups excluding carboxylic acids is 2. The van der Waals surface area contributed by atoms with Crippen molar-refractivity contribution in [2.45, 2.75) is 50.4 Å². The molecule has 2 bridgehead atoms. The van der Waals surface area contributed by atoms with E-state index >= 15 is 0 Å². The maximum Gasteiger partial charge on any atom is 0.306 e. The molecule has 6 heteroatoms. The highest BCUT2D eigenvalue weighted by Crippen LogP contribution is 2.35. The summed E-state index contributed by atoms with van der Waals surface area (Å²) in [7, 11) is 0. The monoisotopic (exact) mass is 253 g/mol. The maximum atomic E-state index is 12.1. The fourth-order valence-corrected chi connectivity index (χ4v) is 3.20. The minimum atomic E-state index is -0.839. The third-order valence-electron chi connectivity index (χ3n) is 4.16. The fourth-order valence-electron chi connectivity index (χ4n) is 3.20. The molecule has 2 heterocycles. The van der Waals surface area contributed by atoms with Crippen LogP contribution in [0, 0.1) is 5.92 Å². The summed E-state index contributed by atoms with van der Waals surface area (Å²) >= 11 is 0. The second kappa shape index (κ2) is 4.05. The molecule has 98 valence electrons. The Labute approximate surface area is 104 Å². The molecule has 0 spiro atoms. The van der Waals surface area contributed by atoms with Crippen LogP contribution in [0.5, 0.6) is 0 Å². The number of carboxylic acids is 1. The summed E-state index contributed by atoms with van der Waals surface area (Å²) in [5, 5.41) is 8.96. The van der Waals surface area contributed by atoms with Gasteiger partial charge in [0.1, 0.15) is 12.2 Å². The molecule has 3 fully saturated rings. The van der Waals surface area contributed by atoms with Crippen molar-refractivity contribution in [1.29, 1.82) is 0 Å². The molecule has 0 aromatic heterocycles. The molecule has 2 amide bonds. The first-order valence-corrected chi connectivity index (χ1v) is 6.33. The van der Waals surface area contributed by atoms with E-state index < -0.39 is 24.1 Å². The van der Waals surface area contributed by atoms with Crippen molar-refractivity contribution < 1.29 is 24.2 Å². The quantitative estimate of drug-likeness (QED) is 0.708. The van der Waals surface area contributed by atoms with E-state index in [1.54, 1.807) is 0 Å². The van der Waals surface area contributed by atoms with Crippen LogP contribution in [-0.2, 0) is 19.1 Å². The summed E-state index contributed by atoms with van der Waals surface area (Å²) in [5.41, 5.74) is 0. The minimum absolute atomic E-state index is 0.252. The normalized spacial score (nSPS) is 39.4. The van der Waals surface area contributed by atoms with Crippen LogP contribution in [0.4, 0.5) is 0 Å². The van der Waals surface area contributed by atoms with Crippen LogP contribution < -0.4 is 0 Å². The number of aliphatic carboxylic acids is 1. The van der Waals surface area contributed by atoms with Crippen LogP contribution in [-0.4, -0.2) is 46.0 Å². The standard InChI is InChI=1S/C12H15NO5/c14-10-8-3-4-9(18-8)11(15)13(10)7-2-1-6(5-7)12(16)17/h6-9H,1-5H2,(H,16,17)/t6-,7+,8?,9?/m1/s1. The Balaban J connectivity index is 1.78. The van der Waals surface area contributed by atoms with Gasteiger partial charge in [-0.15, -0.1) is 0 Å². The van der Waals surface area contributed by atoms with Gasteiger partial charge >= 0.3 is 5.97 Å². The lowest BCUT2D eigenvalue weighted by atomic mass is 10.1. The Morgan fingerprint density at radius 3 is 2.22 bits per heavy atom. The molecule has 1 aliphatic carbocycles. The number of amides is 2. The summed E-state index contributed by atoms with van der Waals surface area (Å²) in [6.07, 6.45) is 1.72. The van der Waals surface area contributed by atoms with Gasteiger partial charge in [0, 0.05) is 6.04 Å². The van der Waals surface area contributed by atoms with Gasteiger partial charge in [0.15, 0.2) is 0 Å². The van der Waals surface area contributed by atoms with Crippen molar-refractivity contribution in [2.24, 2.45) is 5.92 Å². The number of rotatable bonds is 2. The summed E-state index contributed by atoms with van der Waals surface area (Å²) in [5.74, 6) is -1.82. The van der Waals surface area contributed by atoms with Crippen LogP contribution >= 0.6 is 0 Å². The molecule has 0 radical (unpaired) electrons. The number of carboxylic acid groups (broad SMARTS) is 1. The SMILES string of the molecule is O=C(O)[C@@H]1CC[C@H](N2C(=O)C3CCC(O3)C2=O)C1. The Hall–Kier alpha value is -1.43. The van der Waals surface area contributed by atoms with Crippen LogP contribution in [0.3, 0.4) is 0 Å². The van der Waals surface area contributed by atoms with Gasteiger partial charge in [-0.05, 0) is 32.1 Å². The highest BCUT2D eigenvalue weighted by atomic mass is 16.5. The van der Waals surface area contributed by atoms with E-state index in [-0.39, 0.29) is 17.9 Å². The Bertz CT molecular complexity index is 399. The average Bonchev–Trinajstić information content (AvgIpc) is 2.95. The lowest BCUT2D eigenvalue weighted by Gasteiger charge is -2.34. The summed E-state index contributed by atoms with van der Waals surface area (Å²) in [6, 6.07) is -0.252. The van der Waals surface area contributed by atoms with E-state index in [2.05, 4.69) is 0 Å². The first-order valence-electron chi connectivity index (χ1n) is 6.33. The van der Waals surface area contributed by atoms with Gasteiger partial charge in [0.05, 0.1) is 5.92 Å². The molecule has 3 aliphatic rings. The first kappa shape index (κ1) is 11.6. The van der Waals surface area contributed by atoms with Gasteiger partial charge in [0.2, 0.25) is 0 Å². The average molecular weight is 253 g/mol. The van der Waals surface area contributed by atoms with Gasteiger partial charge in [-0.25, -0.2) is 0 Å². The number of morpholine rings is 1. The molecule has 18 heavy (non-hydrogen) atoms. The van der Waals surface area contributed by atoms with Crippen molar-refractivity contribution >= 4 is 17.8 Å². The zero-order chi connectivity index (χ0) is 12.9. The zero-order valence-corrected chi connectivity index (χ0v) is 9.87. The minimum Gasteiger partial charge on any atom is -0.481 e. The third kappa shape index (κ3) is 1.63. The van der Waals surface area contributed by atoms with Crippen molar-refractivity contribution in [3.63, 3.8) is 0 Å². The lowest BCUT2D eigenvalue weighted by Crippen LogP contribution is -2.55. The molecule has 1 N–H and O–H groups in total. The van der Waals surface area contributed by atoms with E-state index in [9.17, 15) is 14.4 Å². The Kier molecular flexibility index (Phi) is 2.62. The molecule has 2 saturated heterocycles. The second-order valence-corrected chi connectivity index (χ2v) is 5.24. The lowest BCUT2D eigenvalue weighted by molar-refractivity contribution is -0.171. The largest absolute Gasteiger partial charge is 0.481 e. The molecular formula is C12H15NO5. The molecule has 2 unspecified atom stereocenters. The number of hydrogen-bond donors (Lipinski definition) is 1. The molecule has 2 aliphatic heterocycles. The Morgan fingerprint density at radius 2 is 1.72 bits per heavy atom. The van der Waals surface area contributed by atoms with Crippen LogP contribution in [0.25, 0.3) is 0 Å². The number of nitrogens with zero attached hydrogens (tertiary/aromatic N) is 1. The number of carbonyl (C=O) groups is 3. The summed E-state index contributed by atoms with van der Waals surface area (Å²) in [6.45, 7) is 0. The molecule has 0 aromatic carbocycles. The van der Waals surface area contributed by atoms with Gasteiger partial charge in [0.25, 0.3) is 11.8 Å². The predicted molar refractivity (Wildman–Crippen MR) is 58.5 cm³/mol. The van der Waals surface area contributed by atoms with Crippen LogP contribution in [0.1, 0.15) is 32.1 Å². The molecule has 6 nitrogen and oxygen atoms in total. The molecule has 4 atom stereocenters. The number of likely N-dealkylation sites (tertiary alicyclic amines) is 1. The highest BCUT2D eigenvalue weighted by molar-refractivity contribution is 6.02. The van der Waals surface area contributed by atoms with Gasteiger partial charge in [-0.1, -0.05) is 0 Å². The highest BCUT2D eigenvalue weighted by Gasteiger charge is 2.50. The predicted octanol–water partition coefficient (Wildman–Crippen LogP) is 0.156. The number of hydrogen-bond acceptors (Lipinski definition) is 4. The number of ether oxygens (including phenoxy) is 1.